The minimum atomic E-state index is -0.343. The van der Waals surface area contributed by atoms with Crippen LogP contribution in [0.5, 0.6) is 5.75 Å². The van der Waals surface area contributed by atoms with Crippen molar-refractivity contribution >= 4 is 11.8 Å². The largest absolute Gasteiger partial charge is 0.487 e. The van der Waals surface area contributed by atoms with Gasteiger partial charge in [0.05, 0.1) is 6.20 Å². The molecule has 1 saturated heterocycles. The minimum Gasteiger partial charge on any atom is -0.487 e. The van der Waals surface area contributed by atoms with Gasteiger partial charge in [0.1, 0.15) is 17.0 Å². The lowest BCUT2D eigenvalue weighted by molar-refractivity contribution is -0.129. The van der Waals surface area contributed by atoms with Crippen LogP contribution in [0.2, 0.25) is 0 Å². The summed E-state index contributed by atoms with van der Waals surface area (Å²) in [6, 6.07) is 8.01. The molecule has 152 valence electrons. The summed E-state index contributed by atoms with van der Waals surface area (Å²) < 4.78 is 6.48. The highest BCUT2D eigenvalue weighted by molar-refractivity contribution is 5.92. The first-order chi connectivity index (χ1) is 14.0. The van der Waals surface area contributed by atoms with Gasteiger partial charge in [0.15, 0.2) is 0 Å². The van der Waals surface area contributed by atoms with Crippen molar-refractivity contribution in [2.75, 3.05) is 27.2 Å². The maximum atomic E-state index is 12.7. The molecule has 7 heteroatoms. The Morgan fingerprint density at radius 2 is 1.97 bits per heavy atom. The fraction of sp³-hybridized carbons (Fsp3) is 0.455. The first kappa shape index (κ1) is 19.4. The van der Waals surface area contributed by atoms with E-state index >= 15 is 0 Å². The van der Waals surface area contributed by atoms with Gasteiger partial charge in [-0.1, -0.05) is 18.2 Å². The molecule has 7 nitrogen and oxygen atoms in total. The highest BCUT2D eigenvalue weighted by Crippen LogP contribution is 2.46. The van der Waals surface area contributed by atoms with E-state index in [0.29, 0.717) is 25.2 Å². The average molecular weight is 394 g/mol. The summed E-state index contributed by atoms with van der Waals surface area (Å²) in [5.41, 5.74) is 1.13. The Morgan fingerprint density at radius 1 is 1.21 bits per heavy atom. The number of piperidine rings is 1. The van der Waals surface area contributed by atoms with Crippen molar-refractivity contribution in [1.29, 1.82) is 0 Å². The van der Waals surface area contributed by atoms with Crippen molar-refractivity contribution in [3.8, 4) is 5.75 Å². The summed E-state index contributed by atoms with van der Waals surface area (Å²) in [4.78, 5) is 36.7. The highest BCUT2D eigenvalue weighted by Gasteiger charge is 2.44. The zero-order valence-corrected chi connectivity index (χ0v) is 16.9. The van der Waals surface area contributed by atoms with Crippen LogP contribution in [0.25, 0.3) is 0 Å². The van der Waals surface area contributed by atoms with E-state index in [1.807, 2.05) is 23.1 Å². The molecule has 3 heterocycles. The van der Waals surface area contributed by atoms with E-state index in [9.17, 15) is 9.59 Å². The zero-order valence-electron chi connectivity index (χ0n) is 16.9. The molecule has 1 spiro atoms. The Hall–Kier alpha value is -2.96. The van der Waals surface area contributed by atoms with Crippen LogP contribution in [0.1, 0.15) is 47.7 Å². The number of carbonyl (C=O) groups is 2. The SMILES string of the molecule is CN(C)C(=O)C[C@@H]1CC2(CCN(C(=O)c3cnccn3)CC2)Oc2ccccc21. The Balaban J connectivity index is 1.50. The molecule has 1 atom stereocenters. The maximum absolute atomic E-state index is 12.7. The third-order valence-electron chi connectivity index (χ3n) is 5.97. The molecule has 2 aromatic rings. The standard InChI is InChI=1S/C22H26N4O3/c1-25(2)20(27)13-16-14-22(29-19-6-4-3-5-17(16)19)7-11-26(12-8-22)21(28)18-15-23-9-10-24-18/h3-6,9-10,15-16H,7-8,11-14H2,1-2H3/t16-/m1/s1. The lowest BCUT2D eigenvalue weighted by Gasteiger charge is -2.47. The first-order valence-electron chi connectivity index (χ1n) is 10.0. The molecular weight excluding hydrogens is 368 g/mol. The van der Waals surface area contributed by atoms with E-state index in [1.54, 1.807) is 25.2 Å². The van der Waals surface area contributed by atoms with Crippen LogP contribution in [-0.2, 0) is 4.79 Å². The number of amides is 2. The van der Waals surface area contributed by atoms with E-state index in [0.717, 1.165) is 30.6 Å². The quantitative estimate of drug-likeness (QED) is 0.800. The number of fused-ring (bicyclic) bond motifs is 1. The second-order valence-corrected chi connectivity index (χ2v) is 8.10. The summed E-state index contributed by atoms with van der Waals surface area (Å²) in [7, 11) is 3.58. The molecule has 2 amide bonds. The Kier molecular flexibility index (Phi) is 5.22. The summed E-state index contributed by atoms with van der Waals surface area (Å²) in [6.45, 7) is 1.21. The van der Waals surface area contributed by atoms with Gasteiger partial charge in [-0.15, -0.1) is 0 Å². The van der Waals surface area contributed by atoms with E-state index < -0.39 is 0 Å². The van der Waals surface area contributed by atoms with Crippen LogP contribution in [0, 0.1) is 0 Å². The molecule has 1 aromatic carbocycles. The van der Waals surface area contributed by atoms with E-state index in [1.165, 1.54) is 12.4 Å². The van der Waals surface area contributed by atoms with Gasteiger partial charge in [0.2, 0.25) is 5.91 Å². The monoisotopic (exact) mass is 394 g/mol. The van der Waals surface area contributed by atoms with Gasteiger partial charge in [-0.05, 0) is 18.1 Å². The Bertz CT molecular complexity index is 892. The molecule has 1 aromatic heterocycles. The van der Waals surface area contributed by atoms with Crippen LogP contribution in [-0.4, -0.2) is 64.4 Å². The van der Waals surface area contributed by atoms with Crippen molar-refractivity contribution in [2.24, 2.45) is 0 Å². The smallest absolute Gasteiger partial charge is 0.274 e. The zero-order chi connectivity index (χ0) is 20.4. The fourth-order valence-corrected chi connectivity index (χ4v) is 4.32. The van der Waals surface area contributed by atoms with E-state index in [2.05, 4.69) is 16.0 Å². The van der Waals surface area contributed by atoms with Crippen LogP contribution >= 0.6 is 0 Å². The number of aromatic nitrogens is 2. The van der Waals surface area contributed by atoms with Crippen LogP contribution in [0.4, 0.5) is 0 Å². The van der Waals surface area contributed by atoms with Gasteiger partial charge < -0.3 is 14.5 Å². The number of carbonyl (C=O) groups excluding carboxylic acids is 2. The molecule has 0 unspecified atom stereocenters. The molecule has 2 aliphatic rings. The number of ether oxygens (including phenoxy) is 1. The predicted molar refractivity (Wildman–Crippen MR) is 108 cm³/mol. The van der Waals surface area contributed by atoms with E-state index in [4.69, 9.17) is 4.74 Å². The Morgan fingerprint density at radius 3 is 2.66 bits per heavy atom. The number of hydrogen-bond acceptors (Lipinski definition) is 5. The first-order valence-corrected chi connectivity index (χ1v) is 10.0. The molecular formula is C22H26N4O3. The van der Waals surface area contributed by atoms with E-state index in [-0.39, 0.29) is 23.3 Å². The fourth-order valence-electron chi connectivity index (χ4n) is 4.32. The Labute approximate surface area is 170 Å². The molecule has 2 aliphatic heterocycles. The number of nitrogens with zero attached hydrogens (tertiary/aromatic N) is 4. The molecule has 0 radical (unpaired) electrons. The molecule has 0 saturated carbocycles. The van der Waals surface area contributed by atoms with Gasteiger partial charge >= 0.3 is 0 Å². The van der Waals surface area contributed by atoms with Crippen molar-refractivity contribution in [1.82, 2.24) is 19.8 Å². The average Bonchev–Trinajstić information content (AvgIpc) is 2.74. The predicted octanol–water partition coefficient (Wildman–Crippen LogP) is 2.50. The molecule has 1 fully saturated rings. The minimum absolute atomic E-state index is 0.0940. The third-order valence-corrected chi connectivity index (χ3v) is 5.97. The van der Waals surface area contributed by atoms with Gasteiger partial charge in [0, 0.05) is 64.8 Å². The number of benzene rings is 1. The van der Waals surface area contributed by atoms with Gasteiger partial charge in [-0.3, -0.25) is 14.6 Å². The number of para-hydroxylation sites is 1. The second kappa shape index (κ2) is 7.81. The van der Waals surface area contributed by atoms with Crippen LogP contribution in [0.15, 0.2) is 42.9 Å². The summed E-state index contributed by atoms with van der Waals surface area (Å²) >= 11 is 0. The van der Waals surface area contributed by atoms with Crippen LogP contribution in [0.3, 0.4) is 0 Å². The summed E-state index contributed by atoms with van der Waals surface area (Å²) in [5.74, 6) is 1.02. The van der Waals surface area contributed by atoms with Crippen molar-refractivity contribution in [2.45, 2.75) is 37.2 Å². The lowest BCUT2D eigenvalue weighted by Crippen LogP contribution is -2.52. The van der Waals surface area contributed by atoms with Gasteiger partial charge in [0.25, 0.3) is 5.91 Å². The topological polar surface area (TPSA) is 75.6 Å². The molecule has 0 bridgehead atoms. The lowest BCUT2D eigenvalue weighted by atomic mass is 9.76. The van der Waals surface area contributed by atoms with Crippen molar-refractivity contribution in [3.63, 3.8) is 0 Å². The summed E-state index contributed by atoms with van der Waals surface area (Å²) in [5, 5.41) is 0. The molecule has 0 N–H and O–H groups in total. The van der Waals surface area contributed by atoms with Crippen molar-refractivity contribution < 1.29 is 14.3 Å². The number of hydrogen-bond donors (Lipinski definition) is 0. The third kappa shape index (κ3) is 3.95. The molecule has 0 aliphatic carbocycles. The number of rotatable bonds is 3. The van der Waals surface area contributed by atoms with Crippen LogP contribution < -0.4 is 4.74 Å². The van der Waals surface area contributed by atoms with Crippen molar-refractivity contribution in [3.05, 3.63) is 54.1 Å². The normalized spacial score (nSPS) is 19.9. The highest BCUT2D eigenvalue weighted by atomic mass is 16.5. The number of likely N-dealkylation sites (tertiary alicyclic amines) is 1. The maximum Gasteiger partial charge on any atom is 0.274 e. The van der Waals surface area contributed by atoms with Gasteiger partial charge in [-0.2, -0.15) is 0 Å². The van der Waals surface area contributed by atoms with Gasteiger partial charge in [-0.25, -0.2) is 4.98 Å². The second-order valence-electron chi connectivity index (χ2n) is 8.10. The molecule has 4 rings (SSSR count). The molecule has 29 heavy (non-hydrogen) atoms. The summed E-state index contributed by atoms with van der Waals surface area (Å²) in [6.07, 6.45) is 7.33.